The summed E-state index contributed by atoms with van der Waals surface area (Å²) in [6.45, 7) is 0.101. The van der Waals surface area contributed by atoms with Gasteiger partial charge in [-0.1, -0.05) is 24.3 Å². The van der Waals surface area contributed by atoms with E-state index in [2.05, 4.69) is 0 Å². The van der Waals surface area contributed by atoms with Crippen LogP contribution in [0.25, 0.3) is 6.08 Å². The van der Waals surface area contributed by atoms with Crippen LogP contribution in [0.4, 0.5) is 4.39 Å². The summed E-state index contributed by atoms with van der Waals surface area (Å²) in [7, 11) is 0. The molecule has 112 valence electrons. The first-order valence-electron chi connectivity index (χ1n) is 6.70. The monoisotopic (exact) mass is 300 g/mol. The van der Waals surface area contributed by atoms with Crippen LogP contribution < -0.4 is 9.47 Å². The topological polar surface area (TPSA) is 44.8 Å². The van der Waals surface area contributed by atoms with Gasteiger partial charge in [0.2, 0.25) is 6.79 Å². The largest absolute Gasteiger partial charge is 0.458 e. The Morgan fingerprint density at radius 2 is 2.00 bits per heavy atom. The van der Waals surface area contributed by atoms with Crippen molar-refractivity contribution in [3.63, 3.8) is 0 Å². The summed E-state index contributed by atoms with van der Waals surface area (Å²) >= 11 is 0. The third-order valence-electron chi connectivity index (χ3n) is 3.14. The van der Waals surface area contributed by atoms with Crippen molar-refractivity contribution in [3.05, 3.63) is 65.5 Å². The number of hydrogen-bond acceptors (Lipinski definition) is 4. The van der Waals surface area contributed by atoms with E-state index in [0.717, 1.165) is 5.56 Å². The number of esters is 1. The van der Waals surface area contributed by atoms with Crippen molar-refractivity contribution in [1.82, 2.24) is 0 Å². The van der Waals surface area contributed by atoms with E-state index in [4.69, 9.17) is 14.2 Å². The van der Waals surface area contributed by atoms with E-state index < -0.39 is 11.8 Å². The number of ether oxygens (including phenoxy) is 3. The zero-order chi connectivity index (χ0) is 15.4. The highest BCUT2D eigenvalue weighted by molar-refractivity contribution is 5.87. The van der Waals surface area contributed by atoms with Crippen LogP contribution in [0.2, 0.25) is 0 Å². The van der Waals surface area contributed by atoms with Gasteiger partial charge in [0.05, 0.1) is 0 Å². The molecule has 0 saturated heterocycles. The number of hydrogen-bond donors (Lipinski definition) is 0. The van der Waals surface area contributed by atoms with Crippen LogP contribution in [-0.4, -0.2) is 12.8 Å². The van der Waals surface area contributed by atoms with Crippen molar-refractivity contribution < 1.29 is 23.4 Å². The Morgan fingerprint density at radius 3 is 2.86 bits per heavy atom. The molecule has 1 heterocycles. The highest BCUT2D eigenvalue weighted by Crippen LogP contribution is 2.32. The van der Waals surface area contributed by atoms with Gasteiger partial charge in [-0.3, -0.25) is 0 Å². The maximum atomic E-state index is 13.4. The minimum Gasteiger partial charge on any atom is -0.458 e. The number of fused-ring (bicyclic) bond motifs is 1. The van der Waals surface area contributed by atoms with Crippen LogP contribution in [0, 0.1) is 5.82 Å². The lowest BCUT2D eigenvalue weighted by Gasteiger charge is -2.03. The number of rotatable bonds is 4. The van der Waals surface area contributed by atoms with E-state index in [0.29, 0.717) is 17.1 Å². The average molecular weight is 300 g/mol. The molecular formula is C17H13FO4. The average Bonchev–Trinajstić information content (AvgIpc) is 2.99. The molecule has 0 fully saturated rings. The van der Waals surface area contributed by atoms with E-state index in [1.807, 2.05) is 0 Å². The Labute approximate surface area is 126 Å². The first kappa shape index (κ1) is 14.1. The van der Waals surface area contributed by atoms with Gasteiger partial charge in [-0.05, 0) is 29.8 Å². The van der Waals surface area contributed by atoms with Crippen molar-refractivity contribution in [3.8, 4) is 11.5 Å². The summed E-state index contributed by atoms with van der Waals surface area (Å²) in [5.74, 6) is 0.386. The fourth-order valence-electron chi connectivity index (χ4n) is 1.99. The minimum atomic E-state index is -0.541. The summed E-state index contributed by atoms with van der Waals surface area (Å²) in [6.07, 6.45) is 2.89. The standard InChI is InChI=1S/C17H13FO4/c18-14-4-2-1-3-13(14)10-20-17(19)8-6-12-5-7-15-16(9-12)22-11-21-15/h1-9H,10-11H2. The van der Waals surface area contributed by atoms with E-state index in [1.54, 1.807) is 42.5 Å². The van der Waals surface area contributed by atoms with Crippen LogP contribution in [-0.2, 0) is 16.1 Å². The molecule has 0 spiro atoms. The molecule has 2 aromatic rings. The number of benzene rings is 2. The van der Waals surface area contributed by atoms with Gasteiger partial charge in [-0.15, -0.1) is 0 Å². The van der Waals surface area contributed by atoms with Crippen molar-refractivity contribution >= 4 is 12.0 Å². The van der Waals surface area contributed by atoms with Crippen molar-refractivity contribution in [2.24, 2.45) is 0 Å². The summed E-state index contributed by atoms with van der Waals surface area (Å²) in [6, 6.07) is 11.5. The fraction of sp³-hybridized carbons (Fsp3) is 0.118. The lowest BCUT2D eigenvalue weighted by atomic mass is 10.2. The molecule has 0 radical (unpaired) electrons. The molecule has 4 nitrogen and oxygen atoms in total. The summed E-state index contributed by atoms with van der Waals surface area (Å²) in [5, 5.41) is 0. The molecule has 2 aromatic carbocycles. The molecule has 0 N–H and O–H groups in total. The normalized spacial score (nSPS) is 12.6. The first-order valence-corrected chi connectivity index (χ1v) is 6.70. The summed E-state index contributed by atoms with van der Waals surface area (Å²) in [5.41, 5.74) is 1.12. The van der Waals surface area contributed by atoms with Crippen LogP contribution >= 0.6 is 0 Å². The van der Waals surface area contributed by atoms with Gasteiger partial charge in [0.15, 0.2) is 11.5 Å². The van der Waals surface area contributed by atoms with Gasteiger partial charge in [0.25, 0.3) is 0 Å². The molecule has 0 amide bonds. The van der Waals surface area contributed by atoms with Crippen molar-refractivity contribution in [1.29, 1.82) is 0 Å². The van der Waals surface area contributed by atoms with Crippen LogP contribution in [0.15, 0.2) is 48.5 Å². The Balaban J connectivity index is 1.58. The third-order valence-corrected chi connectivity index (χ3v) is 3.14. The summed E-state index contributed by atoms with van der Waals surface area (Å²) in [4.78, 5) is 11.6. The van der Waals surface area contributed by atoms with Crippen LogP contribution in [0.1, 0.15) is 11.1 Å². The molecule has 0 bridgehead atoms. The second kappa shape index (κ2) is 6.30. The molecule has 0 aromatic heterocycles. The van der Waals surface area contributed by atoms with Gasteiger partial charge < -0.3 is 14.2 Å². The summed E-state index contributed by atoms with van der Waals surface area (Å²) < 4.78 is 28.8. The zero-order valence-electron chi connectivity index (χ0n) is 11.6. The molecule has 0 saturated carbocycles. The molecule has 0 unspecified atom stereocenters. The molecule has 0 aliphatic carbocycles. The molecule has 3 rings (SSSR count). The predicted octanol–water partition coefficient (Wildman–Crippen LogP) is 3.31. The quantitative estimate of drug-likeness (QED) is 0.642. The first-order chi connectivity index (χ1) is 10.7. The zero-order valence-corrected chi connectivity index (χ0v) is 11.6. The Kier molecular flexibility index (Phi) is 4.05. The number of halogens is 1. The van der Waals surface area contributed by atoms with Crippen LogP contribution in [0.5, 0.6) is 11.5 Å². The molecule has 5 heteroatoms. The predicted molar refractivity (Wildman–Crippen MR) is 77.8 cm³/mol. The van der Waals surface area contributed by atoms with Gasteiger partial charge in [-0.25, -0.2) is 9.18 Å². The van der Waals surface area contributed by atoms with Crippen LogP contribution in [0.3, 0.4) is 0 Å². The second-order valence-corrected chi connectivity index (χ2v) is 4.65. The van der Waals surface area contributed by atoms with Crippen molar-refractivity contribution in [2.45, 2.75) is 6.61 Å². The molecular weight excluding hydrogens is 287 g/mol. The molecule has 22 heavy (non-hydrogen) atoms. The van der Waals surface area contributed by atoms with E-state index >= 15 is 0 Å². The SMILES string of the molecule is O=C(C=Cc1ccc2c(c1)OCO2)OCc1ccccc1F. The van der Waals surface area contributed by atoms with Gasteiger partial charge >= 0.3 is 5.97 Å². The lowest BCUT2D eigenvalue weighted by molar-refractivity contribution is -0.138. The Morgan fingerprint density at radius 1 is 1.18 bits per heavy atom. The second-order valence-electron chi connectivity index (χ2n) is 4.65. The van der Waals surface area contributed by atoms with E-state index in [-0.39, 0.29) is 13.4 Å². The molecule has 1 aliphatic rings. The smallest absolute Gasteiger partial charge is 0.331 e. The number of carbonyl (C=O) groups is 1. The van der Waals surface area contributed by atoms with Crippen molar-refractivity contribution in [2.75, 3.05) is 6.79 Å². The van der Waals surface area contributed by atoms with E-state index in [9.17, 15) is 9.18 Å². The minimum absolute atomic E-state index is 0.100. The highest BCUT2D eigenvalue weighted by atomic mass is 19.1. The third kappa shape index (κ3) is 3.25. The maximum Gasteiger partial charge on any atom is 0.331 e. The fourth-order valence-corrected chi connectivity index (χ4v) is 1.99. The molecule has 0 atom stereocenters. The van der Waals surface area contributed by atoms with E-state index in [1.165, 1.54) is 12.1 Å². The Bertz CT molecular complexity index is 724. The number of carbonyl (C=O) groups excluding carboxylic acids is 1. The lowest BCUT2D eigenvalue weighted by Crippen LogP contribution is -2.02. The Hall–Kier alpha value is -2.82. The van der Waals surface area contributed by atoms with Gasteiger partial charge in [0, 0.05) is 11.6 Å². The van der Waals surface area contributed by atoms with Gasteiger partial charge in [-0.2, -0.15) is 0 Å². The maximum absolute atomic E-state index is 13.4. The molecule has 1 aliphatic heterocycles. The highest BCUT2D eigenvalue weighted by Gasteiger charge is 2.12. The van der Waals surface area contributed by atoms with Gasteiger partial charge in [0.1, 0.15) is 12.4 Å².